The minimum absolute atomic E-state index is 0.0124. The molecule has 1 aliphatic rings. The maximum Gasteiger partial charge on any atom is 0.335 e. The second-order valence-electron chi connectivity index (χ2n) is 9.08. The molecule has 0 bridgehead atoms. The first-order valence-corrected chi connectivity index (χ1v) is 11.5. The van der Waals surface area contributed by atoms with Gasteiger partial charge in [0.25, 0.3) is 0 Å². The summed E-state index contributed by atoms with van der Waals surface area (Å²) in [4.78, 5) is 41.7. The quantitative estimate of drug-likeness (QED) is 0.511. The number of amides is 1. The molecule has 3 aromatic rings. The van der Waals surface area contributed by atoms with Crippen LogP contribution in [0, 0.1) is 0 Å². The summed E-state index contributed by atoms with van der Waals surface area (Å²) in [7, 11) is 3.44. The van der Waals surface area contributed by atoms with Crippen molar-refractivity contribution in [3.63, 3.8) is 0 Å². The molecule has 4 rings (SSSR count). The molecule has 2 aromatic carbocycles. The number of likely N-dealkylation sites (N-methyl/N-ethyl adjacent to an activating group) is 1. The lowest BCUT2D eigenvalue weighted by Gasteiger charge is -2.37. The van der Waals surface area contributed by atoms with Gasteiger partial charge in [-0.15, -0.1) is 0 Å². The van der Waals surface area contributed by atoms with E-state index in [9.17, 15) is 24.6 Å². The number of carboxylic acid groups (broad SMARTS) is 2. The topological polar surface area (TPSA) is 106 Å². The Hall–Kier alpha value is -3.69. The Labute approximate surface area is 203 Å². The van der Waals surface area contributed by atoms with E-state index in [2.05, 4.69) is 0 Å². The summed E-state index contributed by atoms with van der Waals surface area (Å²) in [5.41, 5.74) is 2.54. The summed E-state index contributed by atoms with van der Waals surface area (Å²) < 4.78 is 1.98. The molecule has 9 heteroatoms. The first-order valence-electron chi connectivity index (χ1n) is 11.5. The lowest BCUT2D eigenvalue weighted by Crippen LogP contribution is -2.51. The molecule has 0 radical (unpaired) electrons. The van der Waals surface area contributed by atoms with Crippen molar-refractivity contribution in [3.8, 4) is 0 Å². The second kappa shape index (κ2) is 10.3. The molecule has 9 nitrogen and oxygen atoms in total. The van der Waals surface area contributed by atoms with Gasteiger partial charge < -0.3 is 19.7 Å². The van der Waals surface area contributed by atoms with Gasteiger partial charge in [-0.2, -0.15) is 0 Å². The van der Waals surface area contributed by atoms with Crippen LogP contribution < -0.4 is 0 Å². The smallest absolute Gasteiger partial charge is 0.335 e. The summed E-state index contributed by atoms with van der Waals surface area (Å²) >= 11 is 0. The number of aliphatic carboxylic acids is 1. The van der Waals surface area contributed by atoms with Gasteiger partial charge in [0.05, 0.1) is 12.1 Å². The number of nitrogens with zero attached hydrogens (tertiary/aromatic N) is 4. The van der Waals surface area contributed by atoms with Crippen molar-refractivity contribution in [2.24, 2.45) is 0 Å². The Bertz CT molecular complexity index is 1230. The predicted octanol–water partition coefficient (Wildman–Crippen LogP) is 2.22. The molecule has 35 heavy (non-hydrogen) atoms. The highest BCUT2D eigenvalue weighted by Gasteiger charge is 2.33. The summed E-state index contributed by atoms with van der Waals surface area (Å²) in [6, 6.07) is 13.8. The first-order chi connectivity index (χ1) is 16.7. The van der Waals surface area contributed by atoms with Gasteiger partial charge in [0.2, 0.25) is 5.91 Å². The van der Waals surface area contributed by atoms with Crippen molar-refractivity contribution >= 4 is 28.7 Å². The number of fused-ring (bicyclic) bond motifs is 1. The van der Waals surface area contributed by atoms with Gasteiger partial charge in [0, 0.05) is 69.5 Å². The van der Waals surface area contributed by atoms with E-state index in [0.717, 1.165) is 11.1 Å². The molecule has 2 heterocycles. The molecule has 2 N–H and O–H groups in total. The van der Waals surface area contributed by atoms with Crippen LogP contribution in [0.2, 0.25) is 0 Å². The number of aromatic nitrogens is 1. The predicted molar refractivity (Wildman–Crippen MR) is 132 cm³/mol. The summed E-state index contributed by atoms with van der Waals surface area (Å²) in [5.74, 6) is -2.03. The number of rotatable bonds is 8. The van der Waals surface area contributed by atoms with Crippen LogP contribution >= 0.6 is 0 Å². The van der Waals surface area contributed by atoms with Crippen molar-refractivity contribution in [1.29, 1.82) is 0 Å². The van der Waals surface area contributed by atoms with Crippen LogP contribution in [0.25, 0.3) is 10.9 Å². The lowest BCUT2D eigenvalue weighted by atomic mass is 10.0. The van der Waals surface area contributed by atoms with Gasteiger partial charge in [-0.05, 0) is 23.8 Å². The number of hydrogen-bond acceptors (Lipinski definition) is 5. The van der Waals surface area contributed by atoms with E-state index in [4.69, 9.17) is 0 Å². The number of carbonyl (C=O) groups is 3. The highest BCUT2D eigenvalue weighted by molar-refractivity contribution is 5.96. The van der Waals surface area contributed by atoms with Gasteiger partial charge in [-0.25, -0.2) is 4.79 Å². The minimum atomic E-state index is -1.06. The zero-order chi connectivity index (χ0) is 25.1. The Morgan fingerprint density at radius 3 is 2.26 bits per heavy atom. The van der Waals surface area contributed by atoms with E-state index in [1.165, 1.54) is 0 Å². The highest BCUT2D eigenvalue weighted by atomic mass is 16.4. The van der Waals surface area contributed by atoms with E-state index in [0.29, 0.717) is 50.2 Å². The number of aromatic carboxylic acids is 1. The molecule has 1 amide bonds. The van der Waals surface area contributed by atoms with Gasteiger partial charge in [0.1, 0.15) is 6.04 Å². The molecule has 1 saturated heterocycles. The maximum atomic E-state index is 12.5. The summed E-state index contributed by atoms with van der Waals surface area (Å²) in [5, 5.41) is 20.4. The minimum Gasteiger partial charge on any atom is -0.480 e. The molecule has 0 unspecified atom stereocenters. The average molecular weight is 479 g/mol. The largest absolute Gasteiger partial charge is 0.480 e. The second-order valence-corrected chi connectivity index (χ2v) is 9.08. The monoisotopic (exact) mass is 478 g/mol. The molecule has 1 atom stereocenters. The summed E-state index contributed by atoms with van der Waals surface area (Å²) in [6.07, 6.45) is 1.84. The van der Waals surface area contributed by atoms with Gasteiger partial charge in [0.15, 0.2) is 0 Å². The van der Waals surface area contributed by atoms with Crippen molar-refractivity contribution in [1.82, 2.24) is 19.3 Å². The molecule has 0 saturated carbocycles. The molecule has 0 spiro atoms. The van der Waals surface area contributed by atoms with E-state index < -0.39 is 18.0 Å². The highest BCUT2D eigenvalue weighted by Crippen LogP contribution is 2.32. The normalized spacial score (nSPS) is 15.7. The van der Waals surface area contributed by atoms with Crippen LogP contribution in [0.5, 0.6) is 0 Å². The van der Waals surface area contributed by atoms with Crippen LogP contribution in [-0.4, -0.2) is 94.1 Å². The van der Waals surface area contributed by atoms with Crippen LogP contribution in [0.4, 0.5) is 0 Å². The zero-order valence-corrected chi connectivity index (χ0v) is 19.9. The third-order valence-electron chi connectivity index (χ3n) is 6.51. The van der Waals surface area contributed by atoms with Crippen molar-refractivity contribution < 1.29 is 24.6 Å². The Morgan fingerprint density at radius 1 is 0.971 bits per heavy atom. The van der Waals surface area contributed by atoms with Crippen LogP contribution in [-0.2, 0) is 16.1 Å². The Balaban J connectivity index is 1.67. The molecule has 184 valence electrons. The van der Waals surface area contributed by atoms with Crippen molar-refractivity contribution in [2.45, 2.75) is 12.6 Å². The van der Waals surface area contributed by atoms with E-state index in [-0.39, 0.29) is 11.5 Å². The number of hydrogen-bond donors (Lipinski definition) is 2. The Kier molecular flexibility index (Phi) is 7.18. The Morgan fingerprint density at radius 2 is 1.66 bits per heavy atom. The number of carbonyl (C=O) groups excluding carboxylic acids is 1. The molecule has 1 aliphatic heterocycles. The van der Waals surface area contributed by atoms with E-state index >= 15 is 0 Å². The standard InChI is InChI=1S/C26H30N4O5/c1-27(2)23(31)17-28-10-12-29(13-11-28)24(26(34)35)21-16-30(15-18-6-4-3-5-7-18)22-9-8-19(25(32)33)14-20(21)22/h3-9,14,16,24H,10-13,15,17H2,1-2H3,(H,32,33)(H,34,35)/t24-/m1/s1. The van der Waals surface area contributed by atoms with Crippen molar-refractivity contribution in [2.75, 3.05) is 46.8 Å². The fourth-order valence-electron chi connectivity index (χ4n) is 4.58. The van der Waals surface area contributed by atoms with E-state index in [1.807, 2.05) is 50.9 Å². The van der Waals surface area contributed by atoms with Gasteiger partial charge in [-0.1, -0.05) is 30.3 Å². The lowest BCUT2D eigenvalue weighted by molar-refractivity contribution is -0.145. The molecule has 0 aliphatic carbocycles. The fourth-order valence-corrected chi connectivity index (χ4v) is 4.58. The third-order valence-corrected chi connectivity index (χ3v) is 6.51. The molecular weight excluding hydrogens is 448 g/mol. The van der Waals surface area contributed by atoms with E-state index in [1.54, 1.807) is 37.2 Å². The van der Waals surface area contributed by atoms with Gasteiger partial charge >= 0.3 is 11.9 Å². The summed E-state index contributed by atoms with van der Waals surface area (Å²) in [6.45, 7) is 2.97. The van der Waals surface area contributed by atoms with Crippen molar-refractivity contribution in [3.05, 3.63) is 71.4 Å². The maximum absolute atomic E-state index is 12.5. The average Bonchev–Trinajstić information content (AvgIpc) is 3.17. The first kappa shape index (κ1) is 24.4. The van der Waals surface area contributed by atoms with Gasteiger partial charge in [-0.3, -0.25) is 19.4 Å². The molecule has 1 fully saturated rings. The fraction of sp³-hybridized carbons (Fsp3) is 0.346. The number of piperazine rings is 1. The van der Waals surface area contributed by atoms with Crippen LogP contribution in [0.3, 0.4) is 0 Å². The SMILES string of the molecule is CN(C)C(=O)CN1CCN([C@@H](C(=O)O)c2cn(Cc3ccccc3)c3ccc(C(=O)O)cc23)CC1. The molecular formula is C26H30N4O5. The number of carboxylic acids is 2. The number of benzene rings is 2. The van der Waals surface area contributed by atoms with Crippen LogP contribution in [0.15, 0.2) is 54.7 Å². The third kappa shape index (κ3) is 5.36. The molecule has 1 aromatic heterocycles. The van der Waals surface area contributed by atoms with Crippen LogP contribution in [0.1, 0.15) is 27.5 Å². The zero-order valence-electron chi connectivity index (χ0n) is 19.9.